The third kappa shape index (κ3) is 10.0. The van der Waals surface area contributed by atoms with Crippen molar-refractivity contribution in [1.82, 2.24) is 20.4 Å². The molecule has 1 aromatic carbocycles. The fraction of sp³-hybridized carbons (Fsp3) is 0.708. The van der Waals surface area contributed by atoms with Crippen LogP contribution in [0.3, 0.4) is 0 Å². The van der Waals surface area contributed by atoms with Gasteiger partial charge >= 0.3 is 0 Å². The maximum Gasteiger partial charge on any atom is 0.191 e. The van der Waals surface area contributed by atoms with E-state index in [0.29, 0.717) is 6.04 Å². The van der Waals surface area contributed by atoms with Gasteiger partial charge in [0, 0.05) is 39.3 Å². The Bertz CT molecular complexity index is 625. The molecule has 0 unspecified atom stereocenters. The average molecular weight is 546 g/mol. The van der Waals surface area contributed by atoms with Gasteiger partial charge in [-0.2, -0.15) is 0 Å². The van der Waals surface area contributed by atoms with Crippen molar-refractivity contribution in [3.63, 3.8) is 0 Å². The fourth-order valence-corrected chi connectivity index (χ4v) is 4.50. The van der Waals surface area contributed by atoms with Crippen LogP contribution in [-0.2, 0) is 6.54 Å². The van der Waals surface area contributed by atoms with Gasteiger partial charge < -0.3 is 15.5 Å². The van der Waals surface area contributed by atoms with Crippen LogP contribution < -0.4 is 10.6 Å². The standard InChI is InChI=1S/C24H40FN5.HI/c1-26-24(27-14-4-2-5-15-29-16-6-3-7-17-29)28-23-12-18-30(19-13-23)20-21-8-10-22(25)11-9-21;/h8-11,23H,2-7,12-20H2,1H3,(H2,26,27,28);1H. The molecule has 0 radical (unpaired) electrons. The predicted molar refractivity (Wildman–Crippen MR) is 139 cm³/mol. The molecule has 0 atom stereocenters. The molecule has 5 nitrogen and oxygen atoms in total. The Balaban J connectivity index is 0.00000341. The van der Waals surface area contributed by atoms with Crippen LogP contribution in [0.25, 0.3) is 0 Å². The van der Waals surface area contributed by atoms with Gasteiger partial charge in [-0.1, -0.05) is 25.0 Å². The second kappa shape index (κ2) is 15.0. The molecule has 2 fully saturated rings. The van der Waals surface area contributed by atoms with Crippen LogP contribution in [0.4, 0.5) is 4.39 Å². The third-order valence-electron chi connectivity index (χ3n) is 6.36. The van der Waals surface area contributed by atoms with Crippen molar-refractivity contribution in [2.45, 2.75) is 64.0 Å². The molecule has 2 saturated heterocycles. The molecule has 0 saturated carbocycles. The Hall–Kier alpha value is -0.930. The molecule has 2 heterocycles. The Morgan fingerprint density at radius 1 is 0.968 bits per heavy atom. The Kier molecular flexibility index (Phi) is 12.7. The van der Waals surface area contributed by atoms with Crippen molar-refractivity contribution in [3.05, 3.63) is 35.6 Å². The molecule has 0 aromatic heterocycles. The molecular formula is C24H41FIN5. The topological polar surface area (TPSA) is 42.9 Å². The average Bonchev–Trinajstić information content (AvgIpc) is 2.78. The number of hydrogen-bond donors (Lipinski definition) is 2. The van der Waals surface area contributed by atoms with E-state index in [9.17, 15) is 4.39 Å². The van der Waals surface area contributed by atoms with Gasteiger partial charge in [0.1, 0.15) is 5.82 Å². The van der Waals surface area contributed by atoms with E-state index in [1.165, 1.54) is 63.7 Å². The highest BCUT2D eigenvalue weighted by molar-refractivity contribution is 14.0. The van der Waals surface area contributed by atoms with E-state index in [1.807, 2.05) is 19.2 Å². The van der Waals surface area contributed by atoms with Crippen LogP contribution in [0.1, 0.15) is 56.9 Å². The minimum atomic E-state index is -0.164. The van der Waals surface area contributed by atoms with Gasteiger partial charge in [-0.05, 0) is 75.9 Å². The summed E-state index contributed by atoms with van der Waals surface area (Å²) in [6.07, 6.45) is 10.2. The van der Waals surface area contributed by atoms with E-state index in [2.05, 4.69) is 25.4 Å². The van der Waals surface area contributed by atoms with Crippen molar-refractivity contribution in [3.8, 4) is 0 Å². The molecule has 3 rings (SSSR count). The molecule has 0 amide bonds. The lowest BCUT2D eigenvalue weighted by molar-refractivity contribution is 0.198. The number of unbranched alkanes of at least 4 members (excludes halogenated alkanes) is 2. The molecule has 0 spiro atoms. The first-order valence-electron chi connectivity index (χ1n) is 11.9. The van der Waals surface area contributed by atoms with Crippen LogP contribution in [-0.4, -0.2) is 68.1 Å². The summed E-state index contributed by atoms with van der Waals surface area (Å²) in [7, 11) is 1.86. The van der Waals surface area contributed by atoms with Gasteiger partial charge in [-0.15, -0.1) is 24.0 Å². The van der Waals surface area contributed by atoms with Gasteiger partial charge in [-0.3, -0.25) is 9.89 Å². The van der Waals surface area contributed by atoms with Crippen molar-refractivity contribution >= 4 is 29.9 Å². The van der Waals surface area contributed by atoms with Gasteiger partial charge in [0.2, 0.25) is 0 Å². The van der Waals surface area contributed by atoms with Crippen molar-refractivity contribution in [1.29, 1.82) is 0 Å². The first-order chi connectivity index (χ1) is 14.7. The third-order valence-corrected chi connectivity index (χ3v) is 6.36. The normalized spacial score (nSPS) is 19.1. The second-order valence-electron chi connectivity index (χ2n) is 8.78. The molecule has 2 aliphatic heterocycles. The maximum atomic E-state index is 13.1. The summed E-state index contributed by atoms with van der Waals surface area (Å²) in [5, 5.41) is 7.08. The Morgan fingerprint density at radius 3 is 2.35 bits per heavy atom. The van der Waals surface area contributed by atoms with Gasteiger partial charge in [0.15, 0.2) is 5.96 Å². The molecule has 176 valence electrons. The minimum absolute atomic E-state index is 0. The van der Waals surface area contributed by atoms with E-state index in [-0.39, 0.29) is 29.8 Å². The van der Waals surface area contributed by atoms with Gasteiger partial charge in [0.25, 0.3) is 0 Å². The Morgan fingerprint density at radius 2 is 1.68 bits per heavy atom. The molecule has 31 heavy (non-hydrogen) atoms. The number of hydrogen-bond acceptors (Lipinski definition) is 3. The molecule has 7 heteroatoms. The van der Waals surface area contributed by atoms with Crippen molar-refractivity contribution in [2.24, 2.45) is 4.99 Å². The highest BCUT2D eigenvalue weighted by Gasteiger charge is 2.20. The number of guanidine groups is 1. The smallest absolute Gasteiger partial charge is 0.191 e. The lowest BCUT2D eigenvalue weighted by Crippen LogP contribution is -2.48. The fourth-order valence-electron chi connectivity index (χ4n) is 4.50. The molecule has 2 aliphatic rings. The van der Waals surface area contributed by atoms with Crippen LogP contribution in [0.2, 0.25) is 0 Å². The number of nitrogens with one attached hydrogen (secondary N) is 2. The van der Waals surface area contributed by atoms with Crippen LogP contribution in [0, 0.1) is 5.82 Å². The highest BCUT2D eigenvalue weighted by atomic mass is 127. The quantitative estimate of drug-likeness (QED) is 0.211. The minimum Gasteiger partial charge on any atom is -0.356 e. The molecular weight excluding hydrogens is 504 g/mol. The second-order valence-corrected chi connectivity index (χ2v) is 8.78. The van der Waals surface area contributed by atoms with Crippen LogP contribution in [0.15, 0.2) is 29.3 Å². The van der Waals surface area contributed by atoms with Gasteiger partial charge in [0.05, 0.1) is 0 Å². The van der Waals surface area contributed by atoms with Crippen molar-refractivity contribution in [2.75, 3.05) is 46.3 Å². The van der Waals surface area contributed by atoms with E-state index in [0.717, 1.165) is 45.0 Å². The number of rotatable bonds is 9. The Labute approximate surface area is 205 Å². The van der Waals surface area contributed by atoms with E-state index in [4.69, 9.17) is 0 Å². The van der Waals surface area contributed by atoms with E-state index in [1.54, 1.807) is 12.1 Å². The predicted octanol–water partition coefficient (Wildman–Crippen LogP) is 4.23. The summed E-state index contributed by atoms with van der Waals surface area (Å²) in [5.41, 5.74) is 1.18. The summed E-state index contributed by atoms with van der Waals surface area (Å²) in [6.45, 7) is 7.88. The number of piperidine rings is 2. The summed E-state index contributed by atoms with van der Waals surface area (Å²) < 4.78 is 13.1. The maximum absolute atomic E-state index is 13.1. The van der Waals surface area contributed by atoms with Crippen LogP contribution >= 0.6 is 24.0 Å². The first-order valence-corrected chi connectivity index (χ1v) is 11.9. The zero-order chi connectivity index (χ0) is 21.0. The monoisotopic (exact) mass is 545 g/mol. The number of nitrogens with zero attached hydrogens (tertiary/aromatic N) is 3. The number of likely N-dealkylation sites (tertiary alicyclic amines) is 2. The summed E-state index contributed by atoms with van der Waals surface area (Å²) in [4.78, 5) is 9.48. The molecule has 1 aromatic rings. The van der Waals surface area contributed by atoms with E-state index >= 15 is 0 Å². The van der Waals surface area contributed by atoms with Crippen LogP contribution in [0.5, 0.6) is 0 Å². The zero-order valence-electron chi connectivity index (χ0n) is 19.1. The lowest BCUT2D eigenvalue weighted by Gasteiger charge is -2.33. The largest absolute Gasteiger partial charge is 0.356 e. The van der Waals surface area contributed by atoms with E-state index < -0.39 is 0 Å². The first kappa shape index (κ1) is 26.3. The van der Waals surface area contributed by atoms with Gasteiger partial charge in [-0.25, -0.2) is 4.39 Å². The van der Waals surface area contributed by atoms with Crippen molar-refractivity contribution < 1.29 is 4.39 Å². The molecule has 2 N–H and O–H groups in total. The number of benzene rings is 1. The highest BCUT2D eigenvalue weighted by Crippen LogP contribution is 2.14. The summed E-state index contributed by atoms with van der Waals surface area (Å²) in [5.74, 6) is 0.769. The summed E-state index contributed by atoms with van der Waals surface area (Å²) >= 11 is 0. The SMILES string of the molecule is CN=C(NCCCCCN1CCCCC1)NC1CCN(Cc2ccc(F)cc2)CC1.I. The summed E-state index contributed by atoms with van der Waals surface area (Å²) in [6, 6.07) is 7.34. The number of halogens is 2. The zero-order valence-corrected chi connectivity index (χ0v) is 21.5. The lowest BCUT2D eigenvalue weighted by atomic mass is 10.0. The molecule has 0 aliphatic carbocycles. The number of aliphatic imine (C=N–C) groups is 1. The molecule has 0 bridgehead atoms.